The normalized spacial score (nSPS) is 15.0. The molecule has 0 aliphatic heterocycles. The second-order valence-electron chi connectivity index (χ2n) is 4.75. The third-order valence-electron chi connectivity index (χ3n) is 2.58. The molecule has 0 fully saturated rings. The van der Waals surface area contributed by atoms with Crippen LogP contribution in [-0.2, 0) is 0 Å². The molecular weight excluding hydrogens is 160 g/mol. The SMILES string of the molecule is CCCN(CC)C(CN)C(C)(C)C. The van der Waals surface area contributed by atoms with Crippen LogP contribution in [0.3, 0.4) is 0 Å². The molecule has 1 unspecified atom stereocenters. The van der Waals surface area contributed by atoms with Gasteiger partial charge in [-0.1, -0.05) is 34.6 Å². The van der Waals surface area contributed by atoms with Crippen molar-refractivity contribution in [2.24, 2.45) is 11.1 Å². The molecule has 0 aromatic carbocycles. The highest BCUT2D eigenvalue weighted by Crippen LogP contribution is 2.23. The minimum absolute atomic E-state index is 0.292. The van der Waals surface area contributed by atoms with Crippen LogP contribution in [0.1, 0.15) is 41.0 Å². The lowest BCUT2D eigenvalue weighted by Crippen LogP contribution is -2.48. The van der Waals surface area contributed by atoms with Crippen LogP contribution in [0.25, 0.3) is 0 Å². The first kappa shape index (κ1) is 12.9. The summed E-state index contributed by atoms with van der Waals surface area (Å²) < 4.78 is 0. The number of hydrogen-bond donors (Lipinski definition) is 1. The van der Waals surface area contributed by atoms with E-state index in [2.05, 4.69) is 39.5 Å². The molecule has 80 valence electrons. The zero-order chi connectivity index (χ0) is 10.5. The van der Waals surface area contributed by atoms with Crippen LogP contribution in [0.2, 0.25) is 0 Å². The molecular formula is C11H26N2. The van der Waals surface area contributed by atoms with Crippen molar-refractivity contribution in [2.45, 2.75) is 47.1 Å². The average molecular weight is 186 g/mol. The number of hydrogen-bond acceptors (Lipinski definition) is 2. The summed E-state index contributed by atoms with van der Waals surface area (Å²) in [5, 5.41) is 0. The number of rotatable bonds is 5. The predicted octanol–water partition coefficient (Wildman–Crippen LogP) is 2.09. The molecule has 0 bridgehead atoms. The molecule has 0 heterocycles. The molecule has 0 saturated carbocycles. The van der Waals surface area contributed by atoms with Gasteiger partial charge in [0, 0.05) is 12.6 Å². The van der Waals surface area contributed by atoms with Crippen molar-refractivity contribution >= 4 is 0 Å². The van der Waals surface area contributed by atoms with Gasteiger partial charge in [-0.2, -0.15) is 0 Å². The Hall–Kier alpha value is -0.0800. The molecule has 0 aromatic rings. The molecule has 0 aromatic heterocycles. The van der Waals surface area contributed by atoms with Crippen LogP contribution in [0, 0.1) is 5.41 Å². The Balaban J connectivity index is 4.34. The van der Waals surface area contributed by atoms with E-state index in [-0.39, 0.29) is 0 Å². The third-order valence-corrected chi connectivity index (χ3v) is 2.58. The van der Waals surface area contributed by atoms with Crippen LogP contribution >= 0.6 is 0 Å². The van der Waals surface area contributed by atoms with Crippen LogP contribution < -0.4 is 5.73 Å². The zero-order valence-electron chi connectivity index (χ0n) is 9.93. The molecule has 0 amide bonds. The van der Waals surface area contributed by atoms with Crippen molar-refractivity contribution < 1.29 is 0 Å². The van der Waals surface area contributed by atoms with E-state index in [1.807, 2.05) is 0 Å². The lowest BCUT2D eigenvalue weighted by Gasteiger charge is -2.39. The molecule has 2 nitrogen and oxygen atoms in total. The van der Waals surface area contributed by atoms with Gasteiger partial charge in [-0.25, -0.2) is 0 Å². The summed E-state index contributed by atoms with van der Waals surface area (Å²) in [4.78, 5) is 2.49. The van der Waals surface area contributed by atoms with Crippen LogP contribution in [0.5, 0.6) is 0 Å². The Bertz CT molecular complexity index is 127. The van der Waals surface area contributed by atoms with E-state index in [4.69, 9.17) is 5.73 Å². The topological polar surface area (TPSA) is 29.3 Å². The molecule has 0 rings (SSSR count). The maximum Gasteiger partial charge on any atom is 0.0266 e. The third kappa shape index (κ3) is 4.10. The highest BCUT2D eigenvalue weighted by Gasteiger charge is 2.27. The first-order chi connectivity index (χ1) is 5.97. The molecule has 1 atom stereocenters. The fourth-order valence-electron chi connectivity index (χ4n) is 1.87. The fourth-order valence-corrected chi connectivity index (χ4v) is 1.87. The van der Waals surface area contributed by atoms with E-state index in [1.54, 1.807) is 0 Å². The molecule has 0 saturated heterocycles. The Morgan fingerprint density at radius 3 is 2.00 bits per heavy atom. The summed E-state index contributed by atoms with van der Waals surface area (Å²) in [7, 11) is 0. The second-order valence-corrected chi connectivity index (χ2v) is 4.75. The number of likely N-dealkylation sites (N-methyl/N-ethyl adjacent to an activating group) is 1. The average Bonchev–Trinajstić information content (AvgIpc) is 2.01. The minimum atomic E-state index is 0.292. The van der Waals surface area contributed by atoms with Crippen molar-refractivity contribution in [3.63, 3.8) is 0 Å². The van der Waals surface area contributed by atoms with Gasteiger partial charge in [-0.15, -0.1) is 0 Å². The van der Waals surface area contributed by atoms with Gasteiger partial charge < -0.3 is 5.73 Å². The molecule has 0 aliphatic carbocycles. The van der Waals surface area contributed by atoms with Gasteiger partial charge in [-0.05, 0) is 24.9 Å². The monoisotopic (exact) mass is 186 g/mol. The van der Waals surface area contributed by atoms with Crippen molar-refractivity contribution in [3.05, 3.63) is 0 Å². The summed E-state index contributed by atoms with van der Waals surface area (Å²) in [5.74, 6) is 0. The second kappa shape index (κ2) is 5.61. The van der Waals surface area contributed by atoms with Gasteiger partial charge in [0.05, 0.1) is 0 Å². The van der Waals surface area contributed by atoms with Crippen LogP contribution in [0.4, 0.5) is 0 Å². The largest absolute Gasteiger partial charge is 0.329 e. The van der Waals surface area contributed by atoms with Gasteiger partial charge in [-0.3, -0.25) is 4.90 Å². The quantitative estimate of drug-likeness (QED) is 0.712. The maximum atomic E-state index is 5.82. The Labute approximate surface area is 83.5 Å². The Morgan fingerprint density at radius 1 is 1.23 bits per heavy atom. The lowest BCUT2D eigenvalue weighted by atomic mass is 9.85. The predicted molar refractivity (Wildman–Crippen MR) is 59.8 cm³/mol. The first-order valence-electron chi connectivity index (χ1n) is 5.41. The van der Waals surface area contributed by atoms with Gasteiger partial charge in [0.2, 0.25) is 0 Å². The lowest BCUT2D eigenvalue weighted by molar-refractivity contribution is 0.110. The van der Waals surface area contributed by atoms with E-state index in [1.165, 1.54) is 6.42 Å². The number of nitrogens with two attached hydrogens (primary N) is 1. The standard InChI is InChI=1S/C11H26N2/c1-6-8-13(7-2)10(9-12)11(3,4)5/h10H,6-9,12H2,1-5H3. The minimum Gasteiger partial charge on any atom is -0.329 e. The molecule has 0 aliphatic rings. The Kier molecular flexibility index (Phi) is 5.57. The van der Waals surface area contributed by atoms with Crippen molar-refractivity contribution in [3.8, 4) is 0 Å². The van der Waals surface area contributed by atoms with Crippen molar-refractivity contribution in [1.82, 2.24) is 4.90 Å². The Morgan fingerprint density at radius 2 is 1.77 bits per heavy atom. The van der Waals surface area contributed by atoms with Gasteiger partial charge >= 0.3 is 0 Å². The summed E-state index contributed by atoms with van der Waals surface area (Å²) >= 11 is 0. The van der Waals surface area contributed by atoms with Crippen LogP contribution in [0.15, 0.2) is 0 Å². The van der Waals surface area contributed by atoms with Crippen molar-refractivity contribution in [2.75, 3.05) is 19.6 Å². The summed E-state index contributed by atoms with van der Waals surface area (Å²) in [6, 6.07) is 0.512. The molecule has 0 radical (unpaired) electrons. The van der Waals surface area contributed by atoms with Gasteiger partial charge in [0.25, 0.3) is 0 Å². The highest BCUT2D eigenvalue weighted by atomic mass is 15.2. The van der Waals surface area contributed by atoms with E-state index in [0.717, 1.165) is 19.6 Å². The molecule has 0 spiro atoms. The maximum absolute atomic E-state index is 5.82. The van der Waals surface area contributed by atoms with Gasteiger partial charge in [0.15, 0.2) is 0 Å². The van der Waals surface area contributed by atoms with Gasteiger partial charge in [0.1, 0.15) is 0 Å². The molecule has 13 heavy (non-hydrogen) atoms. The zero-order valence-corrected chi connectivity index (χ0v) is 9.93. The fraction of sp³-hybridized carbons (Fsp3) is 1.00. The number of nitrogens with zero attached hydrogens (tertiary/aromatic N) is 1. The van der Waals surface area contributed by atoms with Crippen molar-refractivity contribution in [1.29, 1.82) is 0 Å². The summed E-state index contributed by atoms with van der Waals surface area (Å²) in [5.41, 5.74) is 6.12. The summed E-state index contributed by atoms with van der Waals surface area (Å²) in [6.07, 6.45) is 1.21. The molecule has 2 N–H and O–H groups in total. The van der Waals surface area contributed by atoms with E-state index in [0.29, 0.717) is 11.5 Å². The van der Waals surface area contributed by atoms with E-state index in [9.17, 15) is 0 Å². The summed E-state index contributed by atoms with van der Waals surface area (Å²) in [6.45, 7) is 14.3. The van der Waals surface area contributed by atoms with E-state index < -0.39 is 0 Å². The smallest absolute Gasteiger partial charge is 0.0266 e. The first-order valence-corrected chi connectivity index (χ1v) is 5.41. The molecule has 2 heteroatoms. The highest BCUT2D eigenvalue weighted by molar-refractivity contribution is 4.83. The van der Waals surface area contributed by atoms with Crippen LogP contribution in [-0.4, -0.2) is 30.6 Å². The van der Waals surface area contributed by atoms with E-state index >= 15 is 0 Å².